The van der Waals surface area contributed by atoms with Crippen LogP contribution >= 0.6 is 0 Å². The first-order chi connectivity index (χ1) is 10.9. The van der Waals surface area contributed by atoms with E-state index in [2.05, 4.69) is 20.7 Å². The van der Waals surface area contributed by atoms with Gasteiger partial charge in [0.15, 0.2) is 5.82 Å². The molecule has 0 atom stereocenters. The standard InChI is InChI=1S/C13H18N8O2/c1-4-12-16-18-13(20(12)14)17-15-8-9-5-6-10(19(2)3)11(7-9)21(22)23/h5-8H,4,14H2,1-3H3,(H,17,18)/b15-8-. The zero-order valence-corrected chi connectivity index (χ0v) is 13.1. The van der Waals surface area contributed by atoms with Gasteiger partial charge in [-0.3, -0.25) is 10.1 Å². The van der Waals surface area contributed by atoms with E-state index in [1.165, 1.54) is 17.0 Å². The average molecular weight is 318 g/mol. The van der Waals surface area contributed by atoms with Gasteiger partial charge in [0.25, 0.3) is 11.6 Å². The molecule has 1 heterocycles. The van der Waals surface area contributed by atoms with Crippen LogP contribution in [0.3, 0.4) is 0 Å². The molecule has 10 nitrogen and oxygen atoms in total. The number of aromatic nitrogens is 3. The van der Waals surface area contributed by atoms with E-state index in [0.717, 1.165) is 0 Å². The maximum absolute atomic E-state index is 11.1. The van der Waals surface area contributed by atoms with E-state index in [-0.39, 0.29) is 11.6 Å². The van der Waals surface area contributed by atoms with Gasteiger partial charge in [-0.1, -0.05) is 13.0 Å². The number of anilines is 2. The number of nitrogens with two attached hydrogens (primary N) is 1. The van der Waals surface area contributed by atoms with Gasteiger partial charge < -0.3 is 10.7 Å². The fourth-order valence-corrected chi connectivity index (χ4v) is 1.95. The minimum Gasteiger partial charge on any atom is -0.372 e. The number of hydrogen-bond acceptors (Lipinski definition) is 8. The van der Waals surface area contributed by atoms with Crippen LogP contribution in [0, 0.1) is 10.1 Å². The molecule has 1 aromatic carbocycles. The molecule has 0 amide bonds. The van der Waals surface area contributed by atoms with Crippen LogP contribution in [0.2, 0.25) is 0 Å². The van der Waals surface area contributed by atoms with Gasteiger partial charge in [0.2, 0.25) is 0 Å². The number of benzene rings is 1. The first-order valence-corrected chi connectivity index (χ1v) is 6.88. The summed E-state index contributed by atoms with van der Waals surface area (Å²) in [7, 11) is 3.49. The van der Waals surface area contributed by atoms with Gasteiger partial charge in [0, 0.05) is 32.1 Å². The van der Waals surface area contributed by atoms with E-state index in [1.807, 2.05) is 6.92 Å². The third-order valence-corrected chi connectivity index (χ3v) is 3.14. The molecule has 0 radical (unpaired) electrons. The highest BCUT2D eigenvalue weighted by molar-refractivity contribution is 5.83. The first-order valence-electron chi connectivity index (χ1n) is 6.88. The Labute approximate surface area is 132 Å². The number of hydrogen-bond donors (Lipinski definition) is 2. The van der Waals surface area contributed by atoms with Crippen molar-refractivity contribution in [3.8, 4) is 0 Å². The maximum atomic E-state index is 11.1. The molecule has 10 heteroatoms. The van der Waals surface area contributed by atoms with Crippen LogP contribution in [0.15, 0.2) is 23.3 Å². The number of rotatable bonds is 6. The molecule has 1 aromatic heterocycles. The fourth-order valence-electron chi connectivity index (χ4n) is 1.95. The molecular formula is C13H18N8O2. The summed E-state index contributed by atoms with van der Waals surface area (Å²) in [6.07, 6.45) is 2.10. The van der Waals surface area contributed by atoms with Crippen molar-refractivity contribution in [3.05, 3.63) is 39.7 Å². The fraction of sp³-hybridized carbons (Fsp3) is 0.308. The van der Waals surface area contributed by atoms with Crippen molar-refractivity contribution in [1.29, 1.82) is 0 Å². The molecule has 2 rings (SSSR count). The van der Waals surface area contributed by atoms with E-state index in [1.54, 1.807) is 31.1 Å². The molecule has 0 saturated carbocycles. The molecule has 0 unspecified atom stereocenters. The molecule has 0 saturated heterocycles. The topological polar surface area (TPSA) is 128 Å². The van der Waals surface area contributed by atoms with Gasteiger partial charge in [-0.15, -0.1) is 10.2 Å². The van der Waals surface area contributed by atoms with Crippen molar-refractivity contribution < 1.29 is 4.92 Å². The van der Waals surface area contributed by atoms with Crippen LogP contribution in [0.1, 0.15) is 18.3 Å². The van der Waals surface area contributed by atoms with E-state index in [0.29, 0.717) is 23.5 Å². The third-order valence-electron chi connectivity index (χ3n) is 3.14. The van der Waals surface area contributed by atoms with Crippen molar-refractivity contribution in [2.75, 3.05) is 30.3 Å². The number of hydrazone groups is 1. The lowest BCUT2D eigenvalue weighted by Crippen LogP contribution is -2.15. The van der Waals surface area contributed by atoms with Crippen LogP contribution in [0.25, 0.3) is 0 Å². The van der Waals surface area contributed by atoms with Crippen molar-refractivity contribution >= 4 is 23.5 Å². The number of nitro benzene ring substituents is 1. The summed E-state index contributed by atoms with van der Waals surface area (Å²) in [6.45, 7) is 1.91. The monoisotopic (exact) mass is 318 g/mol. The second-order valence-corrected chi connectivity index (χ2v) is 4.93. The molecule has 0 aliphatic carbocycles. The number of nitrogen functional groups attached to an aromatic ring is 1. The van der Waals surface area contributed by atoms with Crippen LogP contribution in [-0.2, 0) is 6.42 Å². The molecule has 0 bridgehead atoms. The second-order valence-electron chi connectivity index (χ2n) is 4.93. The summed E-state index contributed by atoms with van der Waals surface area (Å²) in [4.78, 5) is 12.4. The van der Waals surface area contributed by atoms with Crippen LogP contribution < -0.4 is 16.2 Å². The Hall–Kier alpha value is -3.17. The first kappa shape index (κ1) is 16.2. The van der Waals surface area contributed by atoms with Gasteiger partial charge in [-0.05, 0) is 6.07 Å². The molecule has 0 aliphatic heterocycles. The summed E-state index contributed by atoms with van der Waals surface area (Å²) in [5.41, 5.74) is 3.76. The normalized spacial score (nSPS) is 10.9. The van der Waals surface area contributed by atoms with Crippen molar-refractivity contribution in [3.63, 3.8) is 0 Å². The Bertz CT molecular complexity index is 738. The van der Waals surface area contributed by atoms with Gasteiger partial charge in [-0.2, -0.15) is 5.10 Å². The molecular weight excluding hydrogens is 300 g/mol. The Morgan fingerprint density at radius 3 is 2.78 bits per heavy atom. The molecule has 122 valence electrons. The summed E-state index contributed by atoms with van der Waals surface area (Å²) in [5, 5.41) is 22.8. The second kappa shape index (κ2) is 6.73. The summed E-state index contributed by atoms with van der Waals surface area (Å²) >= 11 is 0. The predicted molar refractivity (Wildman–Crippen MR) is 88.2 cm³/mol. The average Bonchev–Trinajstić information content (AvgIpc) is 2.87. The smallest absolute Gasteiger partial charge is 0.293 e. The van der Waals surface area contributed by atoms with Crippen molar-refractivity contribution in [1.82, 2.24) is 14.9 Å². The lowest BCUT2D eigenvalue weighted by molar-refractivity contribution is -0.384. The van der Waals surface area contributed by atoms with E-state index >= 15 is 0 Å². The number of aryl methyl sites for hydroxylation is 1. The highest BCUT2D eigenvalue weighted by atomic mass is 16.6. The van der Waals surface area contributed by atoms with Crippen LogP contribution in [-0.4, -0.2) is 40.1 Å². The van der Waals surface area contributed by atoms with Gasteiger partial charge in [-0.25, -0.2) is 10.1 Å². The largest absolute Gasteiger partial charge is 0.372 e. The maximum Gasteiger partial charge on any atom is 0.293 e. The SMILES string of the molecule is CCc1nnc(N/N=C\c2ccc(N(C)C)c([N+](=O)[O-])c2)n1N. The molecule has 2 aromatic rings. The molecule has 0 spiro atoms. The summed E-state index contributed by atoms with van der Waals surface area (Å²) in [6, 6.07) is 4.85. The van der Waals surface area contributed by atoms with Crippen LogP contribution in [0.4, 0.5) is 17.3 Å². The lowest BCUT2D eigenvalue weighted by atomic mass is 10.2. The van der Waals surface area contributed by atoms with E-state index < -0.39 is 4.92 Å². The molecule has 0 aliphatic rings. The minimum atomic E-state index is -0.426. The van der Waals surface area contributed by atoms with Crippen molar-refractivity contribution in [2.24, 2.45) is 5.10 Å². The minimum absolute atomic E-state index is 0.00853. The van der Waals surface area contributed by atoms with Gasteiger partial charge >= 0.3 is 0 Å². The molecule has 3 N–H and O–H groups in total. The molecule has 23 heavy (non-hydrogen) atoms. The van der Waals surface area contributed by atoms with Gasteiger partial charge in [0.1, 0.15) is 5.69 Å². The summed E-state index contributed by atoms with van der Waals surface area (Å²) < 4.78 is 1.30. The van der Waals surface area contributed by atoms with Crippen molar-refractivity contribution in [2.45, 2.75) is 13.3 Å². The Morgan fingerprint density at radius 2 is 2.22 bits per heavy atom. The van der Waals surface area contributed by atoms with E-state index in [9.17, 15) is 10.1 Å². The quantitative estimate of drug-likeness (QED) is 0.351. The Kier molecular flexibility index (Phi) is 4.74. The number of nitro groups is 1. The molecule has 0 fully saturated rings. The zero-order chi connectivity index (χ0) is 17.0. The Balaban J connectivity index is 2.18. The third kappa shape index (κ3) is 3.54. The predicted octanol–water partition coefficient (Wildman–Crippen LogP) is 0.974. The highest BCUT2D eigenvalue weighted by Gasteiger charge is 2.15. The van der Waals surface area contributed by atoms with Gasteiger partial charge in [0.05, 0.1) is 11.1 Å². The number of nitrogens with one attached hydrogen (secondary N) is 1. The van der Waals surface area contributed by atoms with Crippen LogP contribution in [0.5, 0.6) is 0 Å². The number of nitrogens with zero attached hydrogens (tertiary/aromatic N) is 6. The zero-order valence-electron chi connectivity index (χ0n) is 13.1. The Morgan fingerprint density at radius 1 is 1.48 bits per heavy atom. The summed E-state index contributed by atoms with van der Waals surface area (Å²) in [5.74, 6) is 6.68. The van der Waals surface area contributed by atoms with E-state index in [4.69, 9.17) is 5.84 Å². The highest BCUT2D eigenvalue weighted by Crippen LogP contribution is 2.27. The lowest BCUT2D eigenvalue weighted by Gasteiger charge is -2.12.